The van der Waals surface area contributed by atoms with Gasteiger partial charge in [0.2, 0.25) is 5.88 Å². The molecule has 0 saturated heterocycles. The summed E-state index contributed by atoms with van der Waals surface area (Å²) in [4.78, 5) is 0. The van der Waals surface area contributed by atoms with Gasteiger partial charge in [0.1, 0.15) is 5.75 Å². The number of ether oxygens (including phenoxy) is 2. The third-order valence-electron chi connectivity index (χ3n) is 3.67. The van der Waals surface area contributed by atoms with Crippen molar-refractivity contribution in [2.75, 3.05) is 7.11 Å². The summed E-state index contributed by atoms with van der Waals surface area (Å²) in [5, 5.41) is 13.6. The maximum atomic E-state index is 8.98. The fourth-order valence-corrected chi connectivity index (χ4v) is 2.50. The quantitative estimate of drug-likeness (QED) is 0.702. The standard InChI is InChI=1S/C20H19N3O2/c1-14(2)25-20-12-19(16-6-4-15(13-21)5-7-16)23(22-20)17-8-10-18(24-3)11-9-17/h4-12,14H,1-3H3. The van der Waals surface area contributed by atoms with E-state index >= 15 is 0 Å². The van der Waals surface area contributed by atoms with Crippen molar-refractivity contribution in [3.63, 3.8) is 0 Å². The van der Waals surface area contributed by atoms with E-state index in [-0.39, 0.29) is 6.10 Å². The van der Waals surface area contributed by atoms with E-state index in [1.54, 1.807) is 19.2 Å². The van der Waals surface area contributed by atoms with Crippen molar-refractivity contribution in [1.29, 1.82) is 5.26 Å². The van der Waals surface area contributed by atoms with Gasteiger partial charge in [0.15, 0.2) is 0 Å². The summed E-state index contributed by atoms with van der Waals surface area (Å²) in [6.45, 7) is 3.93. The fourth-order valence-electron chi connectivity index (χ4n) is 2.50. The van der Waals surface area contributed by atoms with Gasteiger partial charge < -0.3 is 9.47 Å². The van der Waals surface area contributed by atoms with Gasteiger partial charge in [-0.3, -0.25) is 0 Å². The topological polar surface area (TPSA) is 60.1 Å². The van der Waals surface area contributed by atoms with Crippen molar-refractivity contribution in [3.8, 4) is 34.6 Å². The molecule has 0 radical (unpaired) electrons. The highest BCUT2D eigenvalue weighted by atomic mass is 16.5. The molecule has 0 N–H and O–H groups in total. The minimum Gasteiger partial charge on any atom is -0.497 e. The molecule has 3 rings (SSSR count). The molecule has 5 nitrogen and oxygen atoms in total. The van der Waals surface area contributed by atoms with Crippen molar-refractivity contribution in [3.05, 3.63) is 60.2 Å². The number of methoxy groups -OCH3 is 1. The summed E-state index contributed by atoms with van der Waals surface area (Å²) in [5.41, 5.74) is 3.38. The minimum absolute atomic E-state index is 0.0352. The molecule has 126 valence electrons. The first kappa shape index (κ1) is 16.6. The van der Waals surface area contributed by atoms with Gasteiger partial charge in [-0.1, -0.05) is 12.1 Å². The molecular formula is C20H19N3O2. The zero-order chi connectivity index (χ0) is 17.8. The Morgan fingerprint density at radius 2 is 1.72 bits per heavy atom. The first-order valence-corrected chi connectivity index (χ1v) is 8.02. The summed E-state index contributed by atoms with van der Waals surface area (Å²) >= 11 is 0. The molecule has 0 aliphatic heterocycles. The summed E-state index contributed by atoms with van der Waals surface area (Å²) < 4.78 is 12.8. The van der Waals surface area contributed by atoms with Gasteiger partial charge in [-0.25, -0.2) is 4.68 Å². The second kappa shape index (κ2) is 7.10. The lowest BCUT2D eigenvalue weighted by Crippen LogP contribution is -2.06. The Kier molecular flexibility index (Phi) is 4.71. The maximum Gasteiger partial charge on any atom is 0.234 e. The molecule has 3 aromatic rings. The van der Waals surface area contributed by atoms with Gasteiger partial charge in [0, 0.05) is 11.6 Å². The predicted molar refractivity (Wildman–Crippen MR) is 96.0 cm³/mol. The molecule has 0 aliphatic carbocycles. The molecule has 2 aromatic carbocycles. The van der Waals surface area contributed by atoms with Gasteiger partial charge in [-0.2, -0.15) is 5.26 Å². The second-order valence-corrected chi connectivity index (χ2v) is 5.83. The molecule has 0 aliphatic rings. The Balaban J connectivity index is 2.07. The number of aromatic nitrogens is 2. The Bertz CT molecular complexity index is 888. The minimum atomic E-state index is 0.0352. The fraction of sp³-hybridized carbons (Fsp3) is 0.200. The number of hydrogen-bond donors (Lipinski definition) is 0. The molecule has 0 unspecified atom stereocenters. The maximum absolute atomic E-state index is 8.98. The van der Waals surface area contributed by atoms with Crippen molar-refractivity contribution in [1.82, 2.24) is 9.78 Å². The van der Waals surface area contributed by atoms with Crippen LogP contribution in [-0.2, 0) is 0 Å². The van der Waals surface area contributed by atoms with Crippen molar-refractivity contribution >= 4 is 0 Å². The predicted octanol–water partition coefficient (Wildman–Crippen LogP) is 4.21. The van der Waals surface area contributed by atoms with E-state index in [2.05, 4.69) is 11.2 Å². The molecule has 0 spiro atoms. The van der Waals surface area contributed by atoms with E-state index in [4.69, 9.17) is 14.7 Å². The van der Waals surface area contributed by atoms with Crippen LogP contribution in [0, 0.1) is 11.3 Å². The van der Waals surface area contributed by atoms with Gasteiger partial charge in [0.25, 0.3) is 0 Å². The number of nitrogens with zero attached hydrogens (tertiary/aromatic N) is 3. The van der Waals surface area contributed by atoms with Crippen LogP contribution in [0.5, 0.6) is 11.6 Å². The lowest BCUT2D eigenvalue weighted by atomic mass is 10.1. The molecule has 1 heterocycles. The largest absolute Gasteiger partial charge is 0.497 e. The molecule has 1 aromatic heterocycles. The number of rotatable bonds is 5. The van der Waals surface area contributed by atoms with Gasteiger partial charge >= 0.3 is 0 Å². The van der Waals surface area contributed by atoms with E-state index in [1.807, 2.05) is 61.0 Å². The van der Waals surface area contributed by atoms with Gasteiger partial charge in [-0.05, 0) is 50.2 Å². The first-order chi connectivity index (χ1) is 12.1. The zero-order valence-corrected chi connectivity index (χ0v) is 14.4. The number of hydrogen-bond acceptors (Lipinski definition) is 4. The molecule has 5 heteroatoms. The number of benzene rings is 2. The SMILES string of the molecule is COc1ccc(-n2nc(OC(C)C)cc2-c2ccc(C#N)cc2)cc1. The van der Waals surface area contributed by atoms with Crippen LogP contribution in [0.1, 0.15) is 19.4 Å². The molecule has 25 heavy (non-hydrogen) atoms. The van der Waals surface area contributed by atoms with E-state index in [0.717, 1.165) is 22.7 Å². The van der Waals surface area contributed by atoms with Crippen LogP contribution in [-0.4, -0.2) is 23.0 Å². The molecule has 0 atom stereocenters. The summed E-state index contributed by atoms with van der Waals surface area (Å²) in [6.07, 6.45) is 0.0352. The monoisotopic (exact) mass is 333 g/mol. The van der Waals surface area contributed by atoms with Crippen LogP contribution in [0.25, 0.3) is 16.9 Å². The Morgan fingerprint density at radius 1 is 1.04 bits per heavy atom. The third kappa shape index (κ3) is 3.64. The van der Waals surface area contributed by atoms with Gasteiger partial charge in [-0.15, -0.1) is 5.10 Å². The van der Waals surface area contributed by atoms with Crippen LogP contribution in [0.15, 0.2) is 54.6 Å². The summed E-state index contributed by atoms with van der Waals surface area (Å²) in [6, 6.07) is 19.1. The van der Waals surface area contributed by atoms with Crippen LogP contribution >= 0.6 is 0 Å². The van der Waals surface area contributed by atoms with Gasteiger partial charge in [0.05, 0.1) is 36.2 Å². The lowest BCUT2D eigenvalue weighted by Gasteiger charge is -2.08. The van der Waals surface area contributed by atoms with E-state index < -0.39 is 0 Å². The molecule has 0 bridgehead atoms. The normalized spacial score (nSPS) is 10.5. The van der Waals surface area contributed by atoms with E-state index in [9.17, 15) is 0 Å². The van der Waals surface area contributed by atoms with Crippen LogP contribution in [0.3, 0.4) is 0 Å². The summed E-state index contributed by atoms with van der Waals surface area (Å²) in [5.74, 6) is 1.35. The highest BCUT2D eigenvalue weighted by Gasteiger charge is 2.14. The molecule has 0 amide bonds. The van der Waals surface area contributed by atoms with Crippen molar-refractivity contribution < 1.29 is 9.47 Å². The Labute approximate surface area is 147 Å². The molecule has 0 saturated carbocycles. The molecular weight excluding hydrogens is 314 g/mol. The Morgan fingerprint density at radius 3 is 2.28 bits per heavy atom. The van der Waals surface area contributed by atoms with Crippen molar-refractivity contribution in [2.45, 2.75) is 20.0 Å². The highest BCUT2D eigenvalue weighted by molar-refractivity contribution is 5.64. The smallest absolute Gasteiger partial charge is 0.234 e. The Hall–Kier alpha value is -3.26. The molecule has 0 fully saturated rings. The zero-order valence-electron chi connectivity index (χ0n) is 14.4. The third-order valence-corrected chi connectivity index (χ3v) is 3.67. The van der Waals surface area contributed by atoms with E-state index in [1.165, 1.54) is 0 Å². The summed E-state index contributed by atoms with van der Waals surface area (Å²) in [7, 11) is 1.64. The van der Waals surface area contributed by atoms with Crippen LogP contribution in [0.4, 0.5) is 0 Å². The highest BCUT2D eigenvalue weighted by Crippen LogP contribution is 2.28. The van der Waals surface area contributed by atoms with Crippen molar-refractivity contribution in [2.24, 2.45) is 0 Å². The lowest BCUT2D eigenvalue weighted by molar-refractivity contribution is 0.231. The first-order valence-electron chi connectivity index (χ1n) is 8.02. The number of nitriles is 1. The average Bonchev–Trinajstić information content (AvgIpc) is 3.05. The van der Waals surface area contributed by atoms with Crippen LogP contribution in [0.2, 0.25) is 0 Å². The van der Waals surface area contributed by atoms with Crippen LogP contribution < -0.4 is 9.47 Å². The van der Waals surface area contributed by atoms with E-state index in [0.29, 0.717) is 11.4 Å². The average molecular weight is 333 g/mol. The second-order valence-electron chi connectivity index (χ2n) is 5.83.